The number of hydrogen-bond acceptors (Lipinski definition) is 5. The number of aryl methyl sites for hydroxylation is 1. The number of rotatable bonds is 6. The van der Waals surface area contributed by atoms with Gasteiger partial charge < -0.3 is 5.32 Å². The lowest BCUT2D eigenvalue weighted by molar-refractivity contribution is -0.120. The monoisotopic (exact) mass is 451 g/mol. The highest BCUT2D eigenvalue weighted by atomic mass is 32.2. The molecule has 30 heavy (non-hydrogen) atoms. The van der Waals surface area contributed by atoms with Crippen LogP contribution in [0.25, 0.3) is 0 Å². The van der Waals surface area contributed by atoms with Crippen molar-refractivity contribution in [1.82, 2.24) is 4.31 Å². The number of sulfonamides is 2. The van der Waals surface area contributed by atoms with Crippen LogP contribution in [0.5, 0.6) is 0 Å². The maximum Gasteiger partial charge on any atom is 0.261 e. The third kappa shape index (κ3) is 5.38. The zero-order valence-electron chi connectivity index (χ0n) is 16.8. The first-order valence-corrected chi connectivity index (χ1v) is 12.8. The van der Waals surface area contributed by atoms with E-state index in [2.05, 4.69) is 10.0 Å². The van der Waals surface area contributed by atoms with E-state index < -0.39 is 20.0 Å². The van der Waals surface area contributed by atoms with Gasteiger partial charge in [-0.05, 0) is 49.6 Å². The number of nitrogens with zero attached hydrogens (tertiary/aromatic N) is 1. The van der Waals surface area contributed by atoms with Crippen molar-refractivity contribution in [3.05, 3.63) is 54.1 Å². The second-order valence-electron chi connectivity index (χ2n) is 7.37. The molecule has 1 saturated heterocycles. The average Bonchev–Trinajstić information content (AvgIpc) is 2.70. The Bertz CT molecular complexity index is 1120. The van der Waals surface area contributed by atoms with Crippen molar-refractivity contribution in [3.63, 3.8) is 0 Å². The molecule has 0 aliphatic carbocycles. The van der Waals surface area contributed by atoms with Crippen LogP contribution < -0.4 is 10.0 Å². The van der Waals surface area contributed by atoms with Gasteiger partial charge in [0.1, 0.15) is 0 Å². The predicted molar refractivity (Wildman–Crippen MR) is 116 cm³/mol. The highest BCUT2D eigenvalue weighted by Gasteiger charge is 2.29. The molecule has 1 amide bonds. The van der Waals surface area contributed by atoms with Gasteiger partial charge in [-0.1, -0.05) is 24.3 Å². The molecule has 162 valence electrons. The fourth-order valence-electron chi connectivity index (χ4n) is 3.31. The molecule has 0 saturated carbocycles. The molecule has 2 aromatic carbocycles. The van der Waals surface area contributed by atoms with Gasteiger partial charge in [0, 0.05) is 24.7 Å². The lowest BCUT2D eigenvalue weighted by atomic mass is 9.97. The normalized spacial score (nSPS) is 16.2. The van der Waals surface area contributed by atoms with Crippen LogP contribution in [0.4, 0.5) is 11.4 Å². The molecule has 1 aliphatic rings. The second-order valence-corrected chi connectivity index (χ2v) is 11.0. The number of amides is 1. The first kappa shape index (κ1) is 22.3. The molecular formula is C20H25N3O5S2. The van der Waals surface area contributed by atoms with Gasteiger partial charge in [-0.2, -0.15) is 0 Å². The SMILES string of the molecule is Cc1ccc(NC(=O)C2CCN(S(C)(=O)=O)CC2)cc1NS(=O)(=O)c1ccccc1. The van der Waals surface area contributed by atoms with Crippen LogP contribution in [0, 0.1) is 12.8 Å². The molecule has 10 heteroatoms. The standard InChI is InChI=1S/C20H25N3O5S2/c1-15-8-9-17(14-19(15)22-30(27,28)18-6-4-3-5-7-18)21-20(24)16-10-12-23(13-11-16)29(2,25)26/h3-9,14,16,22H,10-13H2,1-2H3,(H,21,24). The van der Waals surface area contributed by atoms with Crippen molar-refractivity contribution in [2.45, 2.75) is 24.7 Å². The Hall–Kier alpha value is -2.43. The molecule has 0 atom stereocenters. The number of hydrogen-bond donors (Lipinski definition) is 2. The zero-order chi connectivity index (χ0) is 21.9. The Morgan fingerprint density at radius 3 is 2.23 bits per heavy atom. The van der Waals surface area contributed by atoms with Crippen molar-refractivity contribution >= 4 is 37.3 Å². The van der Waals surface area contributed by atoms with Crippen LogP contribution in [-0.2, 0) is 24.8 Å². The molecule has 2 N–H and O–H groups in total. The van der Waals surface area contributed by atoms with E-state index in [-0.39, 0.29) is 16.7 Å². The molecule has 0 unspecified atom stereocenters. The van der Waals surface area contributed by atoms with E-state index in [0.717, 1.165) is 6.26 Å². The van der Waals surface area contributed by atoms with Crippen molar-refractivity contribution in [2.24, 2.45) is 5.92 Å². The number of carbonyl (C=O) groups excluding carboxylic acids is 1. The first-order chi connectivity index (χ1) is 14.1. The topological polar surface area (TPSA) is 113 Å². The number of benzene rings is 2. The first-order valence-electron chi connectivity index (χ1n) is 9.51. The maximum atomic E-state index is 12.6. The minimum Gasteiger partial charge on any atom is -0.326 e. The molecule has 3 rings (SSSR count). The molecule has 0 spiro atoms. The van der Waals surface area contributed by atoms with Crippen molar-refractivity contribution < 1.29 is 21.6 Å². The number of piperidine rings is 1. The van der Waals surface area contributed by atoms with Crippen LogP contribution >= 0.6 is 0 Å². The summed E-state index contributed by atoms with van der Waals surface area (Å²) in [7, 11) is -6.99. The third-order valence-electron chi connectivity index (χ3n) is 5.10. The smallest absolute Gasteiger partial charge is 0.261 e. The van der Waals surface area contributed by atoms with E-state index in [1.165, 1.54) is 16.4 Å². The lowest BCUT2D eigenvalue weighted by Gasteiger charge is -2.29. The molecule has 1 fully saturated rings. The van der Waals surface area contributed by atoms with E-state index in [1.807, 2.05) is 0 Å². The maximum absolute atomic E-state index is 12.6. The van der Waals surface area contributed by atoms with Crippen molar-refractivity contribution in [3.8, 4) is 0 Å². The minimum atomic E-state index is -3.75. The fourth-order valence-corrected chi connectivity index (χ4v) is 5.32. The van der Waals surface area contributed by atoms with E-state index >= 15 is 0 Å². The Balaban J connectivity index is 1.69. The summed E-state index contributed by atoms with van der Waals surface area (Å²) in [5.41, 5.74) is 1.57. The molecule has 2 aromatic rings. The minimum absolute atomic E-state index is 0.150. The summed E-state index contributed by atoms with van der Waals surface area (Å²) in [6, 6.07) is 13.1. The van der Waals surface area contributed by atoms with E-state index in [4.69, 9.17) is 0 Å². The molecule has 1 heterocycles. The molecule has 0 aromatic heterocycles. The lowest BCUT2D eigenvalue weighted by Crippen LogP contribution is -2.40. The Labute approximate surface area is 177 Å². The molecule has 8 nitrogen and oxygen atoms in total. The van der Waals surface area contributed by atoms with Gasteiger partial charge in [-0.25, -0.2) is 21.1 Å². The van der Waals surface area contributed by atoms with Crippen LogP contribution in [0.15, 0.2) is 53.4 Å². The second kappa shape index (κ2) is 8.75. The summed E-state index contributed by atoms with van der Waals surface area (Å²) in [5, 5.41) is 2.82. The summed E-state index contributed by atoms with van der Waals surface area (Å²) in [6.07, 6.45) is 2.05. The number of carbonyl (C=O) groups is 1. The quantitative estimate of drug-likeness (QED) is 0.700. The fraction of sp³-hybridized carbons (Fsp3) is 0.350. The van der Waals surface area contributed by atoms with Crippen LogP contribution in [0.3, 0.4) is 0 Å². The summed E-state index contributed by atoms with van der Waals surface area (Å²) in [5.74, 6) is -0.502. The summed E-state index contributed by atoms with van der Waals surface area (Å²) >= 11 is 0. The third-order valence-corrected chi connectivity index (χ3v) is 7.78. The van der Waals surface area contributed by atoms with Crippen LogP contribution in [0.1, 0.15) is 18.4 Å². The van der Waals surface area contributed by atoms with Crippen molar-refractivity contribution in [1.29, 1.82) is 0 Å². The van der Waals surface area contributed by atoms with Gasteiger partial charge in [0.2, 0.25) is 15.9 Å². The number of anilines is 2. The summed E-state index contributed by atoms with van der Waals surface area (Å²) in [4.78, 5) is 12.8. The zero-order valence-corrected chi connectivity index (χ0v) is 18.5. The molecule has 0 bridgehead atoms. The van der Waals surface area contributed by atoms with Crippen LogP contribution in [0.2, 0.25) is 0 Å². The van der Waals surface area contributed by atoms with E-state index in [9.17, 15) is 21.6 Å². The van der Waals surface area contributed by atoms with Gasteiger partial charge in [0.15, 0.2) is 0 Å². The van der Waals surface area contributed by atoms with Gasteiger partial charge in [0.05, 0.1) is 16.8 Å². The molecule has 0 radical (unpaired) electrons. The molecular weight excluding hydrogens is 426 g/mol. The number of nitrogens with one attached hydrogen (secondary N) is 2. The Kier molecular flexibility index (Phi) is 6.49. The van der Waals surface area contributed by atoms with E-state index in [0.29, 0.717) is 42.9 Å². The van der Waals surface area contributed by atoms with Crippen molar-refractivity contribution in [2.75, 3.05) is 29.4 Å². The summed E-state index contributed by atoms with van der Waals surface area (Å²) in [6.45, 7) is 2.40. The van der Waals surface area contributed by atoms with Gasteiger partial charge >= 0.3 is 0 Å². The highest BCUT2D eigenvalue weighted by molar-refractivity contribution is 7.92. The molecule has 1 aliphatic heterocycles. The van der Waals surface area contributed by atoms with Gasteiger partial charge in [0.25, 0.3) is 10.0 Å². The van der Waals surface area contributed by atoms with Gasteiger partial charge in [-0.15, -0.1) is 0 Å². The average molecular weight is 452 g/mol. The van der Waals surface area contributed by atoms with Crippen LogP contribution in [-0.4, -0.2) is 46.4 Å². The van der Waals surface area contributed by atoms with Gasteiger partial charge in [-0.3, -0.25) is 9.52 Å². The Morgan fingerprint density at radius 2 is 1.63 bits per heavy atom. The largest absolute Gasteiger partial charge is 0.326 e. The predicted octanol–water partition coefficient (Wildman–Crippen LogP) is 2.41. The Morgan fingerprint density at radius 1 is 1.00 bits per heavy atom. The summed E-state index contributed by atoms with van der Waals surface area (Å²) < 4.78 is 52.3. The highest BCUT2D eigenvalue weighted by Crippen LogP contribution is 2.25. The van der Waals surface area contributed by atoms with E-state index in [1.54, 1.807) is 43.3 Å².